The first-order valence-electron chi connectivity index (χ1n) is 10.5. The van der Waals surface area contributed by atoms with Crippen LogP contribution in [0.3, 0.4) is 0 Å². The van der Waals surface area contributed by atoms with Crippen LogP contribution in [0.2, 0.25) is 0 Å². The number of para-hydroxylation sites is 1. The predicted octanol–water partition coefficient (Wildman–Crippen LogP) is 5.19. The van der Waals surface area contributed by atoms with Crippen molar-refractivity contribution >= 4 is 0 Å². The number of likely N-dealkylation sites (tertiary alicyclic amines) is 1. The molecule has 4 rings (SSSR count). The summed E-state index contributed by atoms with van der Waals surface area (Å²) in [5.41, 5.74) is 3.97. The van der Waals surface area contributed by atoms with Crippen LogP contribution >= 0.6 is 0 Å². The van der Waals surface area contributed by atoms with E-state index in [1.165, 1.54) is 29.5 Å². The van der Waals surface area contributed by atoms with Crippen LogP contribution in [0.1, 0.15) is 35.6 Å². The molecular weight excluding hydrogens is 356 g/mol. The van der Waals surface area contributed by atoms with E-state index < -0.39 is 0 Å². The van der Waals surface area contributed by atoms with Gasteiger partial charge in [-0.15, -0.1) is 0 Å². The van der Waals surface area contributed by atoms with E-state index >= 15 is 0 Å². The average Bonchev–Trinajstić information content (AvgIpc) is 2.79. The Bertz CT molecular complexity index is 881. The minimum Gasteiger partial charge on any atom is -0.496 e. The summed E-state index contributed by atoms with van der Waals surface area (Å²) in [5, 5.41) is 3.86. The highest BCUT2D eigenvalue weighted by atomic mass is 16.5. The molecule has 0 saturated carbocycles. The minimum absolute atomic E-state index is 0.361. The Balaban J connectivity index is 1.56. The third kappa shape index (κ3) is 4.87. The van der Waals surface area contributed by atoms with Crippen molar-refractivity contribution in [3.05, 3.63) is 102 Å². The zero-order chi connectivity index (χ0) is 19.9. The van der Waals surface area contributed by atoms with Gasteiger partial charge in [0, 0.05) is 24.7 Å². The first-order chi connectivity index (χ1) is 14.3. The van der Waals surface area contributed by atoms with Crippen molar-refractivity contribution in [1.82, 2.24) is 10.2 Å². The monoisotopic (exact) mass is 386 g/mol. The standard InChI is InChI=1S/C26H30N2O/c1-29-25-17-9-8-15-23(25)19-27-24-16-10-18-28(20-21-11-4-2-5-12-21)26(24)22-13-6-3-7-14-22/h2-9,11-15,17,24,26-27H,10,16,18-20H2,1H3/t24-,26-/m0/s1. The van der Waals surface area contributed by atoms with E-state index in [1.54, 1.807) is 7.11 Å². The number of hydrogen-bond acceptors (Lipinski definition) is 3. The second kappa shape index (κ2) is 9.73. The topological polar surface area (TPSA) is 24.5 Å². The van der Waals surface area contributed by atoms with Crippen molar-refractivity contribution in [1.29, 1.82) is 0 Å². The third-order valence-corrected chi connectivity index (χ3v) is 5.85. The van der Waals surface area contributed by atoms with Crippen LogP contribution in [0.15, 0.2) is 84.9 Å². The second-order valence-electron chi connectivity index (χ2n) is 7.75. The lowest BCUT2D eigenvalue weighted by Gasteiger charge is -2.42. The number of ether oxygens (including phenoxy) is 1. The van der Waals surface area contributed by atoms with Gasteiger partial charge in [-0.05, 0) is 36.6 Å². The van der Waals surface area contributed by atoms with Gasteiger partial charge >= 0.3 is 0 Å². The SMILES string of the molecule is COc1ccccc1CN[C@H]1CCCN(Cc2ccccc2)[C@H]1c1ccccc1. The van der Waals surface area contributed by atoms with Gasteiger partial charge in [-0.1, -0.05) is 78.9 Å². The molecule has 0 aromatic heterocycles. The zero-order valence-electron chi connectivity index (χ0n) is 17.1. The lowest BCUT2D eigenvalue weighted by atomic mass is 9.89. The van der Waals surface area contributed by atoms with Gasteiger partial charge in [0.25, 0.3) is 0 Å². The van der Waals surface area contributed by atoms with Gasteiger partial charge in [0.2, 0.25) is 0 Å². The number of methoxy groups -OCH3 is 1. The number of nitrogens with one attached hydrogen (secondary N) is 1. The third-order valence-electron chi connectivity index (χ3n) is 5.85. The fraction of sp³-hybridized carbons (Fsp3) is 0.308. The van der Waals surface area contributed by atoms with Crippen molar-refractivity contribution in [2.24, 2.45) is 0 Å². The second-order valence-corrected chi connectivity index (χ2v) is 7.75. The smallest absolute Gasteiger partial charge is 0.123 e. The molecule has 0 spiro atoms. The van der Waals surface area contributed by atoms with E-state index in [0.717, 1.165) is 25.4 Å². The van der Waals surface area contributed by atoms with Crippen molar-refractivity contribution < 1.29 is 4.74 Å². The number of benzene rings is 3. The lowest BCUT2D eigenvalue weighted by Crippen LogP contribution is -2.47. The van der Waals surface area contributed by atoms with Crippen LogP contribution < -0.4 is 10.1 Å². The molecule has 3 nitrogen and oxygen atoms in total. The summed E-state index contributed by atoms with van der Waals surface area (Å²) in [7, 11) is 1.74. The highest BCUT2D eigenvalue weighted by Crippen LogP contribution is 2.33. The number of rotatable bonds is 7. The number of nitrogens with zero attached hydrogens (tertiary/aromatic N) is 1. The molecule has 1 heterocycles. The van der Waals surface area contributed by atoms with E-state index in [9.17, 15) is 0 Å². The minimum atomic E-state index is 0.361. The zero-order valence-corrected chi connectivity index (χ0v) is 17.1. The molecular formula is C26H30N2O. The van der Waals surface area contributed by atoms with Crippen LogP contribution in [0.4, 0.5) is 0 Å². The molecule has 3 heteroatoms. The van der Waals surface area contributed by atoms with Crippen molar-refractivity contribution in [2.75, 3.05) is 13.7 Å². The normalized spacial score (nSPS) is 19.8. The Morgan fingerprint density at radius 3 is 2.34 bits per heavy atom. The molecule has 1 aliphatic rings. The molecule has 0 radical (unpaired) electrons. The Morgan fingerprint density at radius 1 is 0.897 bits per heavy atom. The highest BCUT2D eigenvalue weighted by Gasteiger charge is 2.32. The van der Waals surface area contributed by atoms with E-state index in [-0.39, 0.29) is 0 Å². The molecule has 0 aliphatic carbocycles. The van der Waals surface area contributed by atoms with Gasteiger partial charge in [-0.3, -0.25) is 4.90 Å². The number of hydrogen-bond donors (Lipinski definition) is 1. The van der Waals surface area contributed by atoms with Crippen molar-refractivity contribution in [3.63, 3.8) is 0 Å². The molecule has 29 heavy (non-hydrogen) atoms. The predicted molar refractivity (Wildman–Crippen MR) is 119 cm³/mol. The number of piperidine rings is 1. The summed E-state index contributed by atoms with van der Waals surface area (Å²) in [5.74, 6) is 0.952. The van der Waals surface area contributed by atoms with Gasteiger partial charge in [-0.2, -0.15) is 0 Å². The van der Waals surface area contributed by atoms with Crippen molar-refractivity contribution in [2.45, 2.75) is 38.0 Å². The van der Waals surface area contributed by atoms with Crippen LogP contribution in [-0.2, 0) is 13.1 Å². The fourth-order valence-corrected chi connectivity index (χ4v) is 4.46. The largest absolute Gasteiger partial charge is 0.496 e. The molecule has 2 atom stereocenters. The Hall–Kier alpha value is -2.62. The summed E-state index contributed by atoms with van der Waals surface area (Å²) < 4.78 is 5.55. The molecule has 1 N–H and O–H groups in total. The summed E-state index contributed by atoms with van der Waals surface area (Å²) >= 11 is 0. The van der Waals surface area contributed by atoms with Gasteiger partial charge in [-0.25, -0.2) is 0 Å². The Kier molecular flexibility index (Phi) is 6.60. The molecule has 3 aromatic rings. The molecule has 0 unspecified atom stereocenters. The maximum atomic E-state index is 5.55. The molecule has 1 aliphatic heterocycles. The Morgan fingerprint density at radius 2 is 1.59 bits per heavy atom. The molecule has 150 valence electrons. The van der Waals surface area contributed by atoms with E-state index in [2.05, 4.69) is 83.0 Å². The van der Waals surface area contributed by atoms with Crippen LogP contribution in [-0.4, -0.2) is 24.6 Å². The van der Waals surface area contributed by atoms with E-state index in [4.69, 9.17) is 4.74 Å². The molecule has 1 saturated heterocycles. The summed E-state index contributed by atoms with van der Waals surface area (Å²) in [6, 6.07) is 30.8. The summed E-state index contributed by atoms with van der Waals surface area (Å²) in [4.78, 5) is 2.63. The lowest BCUT2D eigenvalue weighted by molar-refractivity contribution is 0.103. The maximum Gasteiger partial charge on any atom is 0.123 e. The van der Waals surface area contributed by atoms with Gasteiger partial charge in [0.15, 0.2) is 0 Å². The van der Waals surface area contributed by atoms with Gasteiger partial charge in [0.1, 0.15) is 5.75 Å². The van der Waals surface area contributed by atoms with E-state index in [0.29, 0.717) is 12.1 Å². The molecule has 1 fully saturated rings. The molecule has 3 aromatic carbocycles. The van der Waals surface area contributed by atoms with Crippen LogP contribution in [0.25, 0.3) is 0 Å². The fourth-order valence-electron chi connectivity index (χ4n) is 4.46. The average molecular weight is 387 g/mol. The summed E-state index contributed by atoms with van der Waals surface area (Å²) in [6.45, 7) is 2.92. The van der Waals surface area contributed by atoms with E-state index in [1.807, 2.05) is 12.1 Å². The Labute approximate surface area is 174 Å². The van der Waals surface area contributed by atoms with Crippen LogP contribution in [0, 0.1) is 0 Å². The van der Waals surface area contributed by atoms with Crippen molar-refractivity contribution in [3.8, 4) is 5.75 Å². The van der Waals surface area contributed by atoms with Crippen LogP contribution in [0.5, 0.6) is 5.75 Å². The molecule has 0 amide bonds. The first kappa shape index (κ1) is 19.7. The maximum absolute atomic E-state index is 5.55. The highest BCUT2D eigenvalue weighted by molar-refractivity contribution is 5.33. The van der Waals surface area contributed by atoms with Gasteiger partial charge < -0.3 is 10.1 Å². The first-order valence-corrected chi connectivity index (χ1v) is 10.5. The molecule has 0 bridgehead atoms. The quantitative estimate of drug-likeness (QED) is 0.605. The van der Waals surface area contributed by atoms with Gasteiger partial charge in [0.05, 0.1) is 13.2 Å². The summed E-state index contributed by atoms with van der Waals surface area (Å²) in [6.07, 6.45) is 2.39.